The van der Waals surface area contributed by atoms with Crippen LogP contribution in [0.25, 0.3) is 0 Å². The minimum atomic E-state index is -0.444. The quantitative estimate of drug-likeness (QED) is 0.158. The predicted octanol–water partition coefficient (Wildman–Crippen LogP) is 9.04. The van der Waals surface area contributed by atoms with Crippen molar-refractivity contribution in [1.82, 2.24) is 0 Å². The maximum absolute atomic E-state index is 12.4. The van der Waals surface area contributed by atoms with E-state index >= 15 is 0 Å². The monoisotopic (exact) mass is 528 g/mol. The number of hydrogen-bond donors (Lipinski definition) is 0. The zero-order chi connectivity index (χ0) is 28.2. The summed E-state index contributed by atoms with van der Waals surface area (Å²) in [5.74, 6) is -0.602. The zero-order valence-electron chi connectivity index (χ0n) is 24.7. The van der Waals surface area contributed by atoms with Crippen molar-refractivity contribution in [3.8, 4) is 0 Å². The second-order valence-corrected chi connectivity index (χ2v) is 11.3. The molecular weight excluding hydrogens is 476 g/mol. The molecule has 0 fully saturated rings. The second kappa shape index (κ2) is 19.6. The normalized spacial score (nSPS) is 14.2. The molecule has 0 spiro atoms. The van der Waals surface area contributed by atoms with Gasteiger partial charge in [-0.05, 0) is 49.8 Å². The zero-order valence-corrected chi connectivity index (χ0v) is 24.7. The minimum Gasteiger partial charge on any atom is -0.462 e. The van der Waals surface area contributed by atoms with Crippen LogP contribution in [0.5, 0.6) is 0 Å². The summed E-state index contributed by atoms with van der Waals surface area (Å²) in [4.78, 5) is 35.7. The Morgan fingerprint density at radius 1 is 0.711 bits per heavy atom. The fraction of sp³-hybridized carbons (Fsp3) is 0.667. The summed E-state index contributed by atoms with van der Waals surface area (Å²) in [5.41, 5.74) is 2.01. The molecule has 1 aromatic rings. The third kappa shape index (κ3) is 15.1. The van der Waals surface area contributed by atoms with Gasteiger partial charge in [-0.3, -0.25) is 4.79 Å². The summed E-state index contributed by atoms with van der Waals surface area (Å²) < 4.78 is 10.7. The number of unbranched alkanes of at least 4 members (excludes halogenated alkanes) is 10. The van der Waals surface area contributed by atoms with Crippen LogP contribution in [-0.2, 0) is 14.3 Å². The number of esters is 2. The van der Waals surface area contributed by atoms with Crippen molar-refractivity contribution in [3.05, 3.63) is 47.0 Å². The molecule has 2 rings (SSSR count). The van der Waals surface area contributed by atoms with Gasteiger partial charge in [0.2, 0.25) is 0 Å². The molecule has 0 heterocycles. The van der Waals surface area contributed by atoms with Crippen molar-refractivity contribution >= 4 is 17.7 Å². The van der Waals surface area contributed by atoms with Gasteiger partial charge in [0, 0.05) is 6.42 Å². The number of rotatable bonds is 16. The van der Waals surface area contributed by atoms with Crippen LogP contribution in [0, 0.1) is 5.41 Å². The van der Waals surface area contributed by atoms with Crippen molar-refractivity contribution in [2.45, 2.75) is 125 Å². The fourth-order valence-corrected chi connectivity index (χ4v) is 4.76. The first-order valence-corrected chi connectivity index (χ1v) is 14.8. The van der Waals surface area contributed by atoms with Crippen LogP contribution in [0.1, 0.15) is 145 Å². The van der Waals surface area contributed by atoms with Gasteiger partial charge in [0.15, 0.2) is 5.78 Å². The average Bonchev–Trinajstić information content (AvgIpc) is 2.86. The topological polar surface area (TPSA) is 69.7 Å². The van der Waals surface area contributed by atoms with Gasteiger partial charge in [0.1, 0.15) is 0 Å². The number of hydrogen-bond acceptors (Lipinski definition) is 5. The van der Waals surface area contributed by atoms with Gasteiger partial charge in [-0.25, -0.2) is 9.59 Å². The Bertz CT molecular complexity index is 819. The van der Waals surface area contributed by atoms with E-state index in [0.29, 0.717) is 30.8 Å². The van der Waals surface area contributed by atoms with Crippen molar-refractivity contribution in [3.63, 3.8) is 0 Å². The molecule has 1 aliphatic rings. The summed E-state index contributed by atoms with van der Waals surface area (Å²) in [6.07, 6.45) is 17.2. The van der Waals surface area contributed by atoms with E-state index < -0.39 is 11.9 Å². The Balaban J connectivity index is 0.000000600. The molecule has 0 saturated carbocycles. The molecule has 0 amide bonds. The average molecular weight is 529 g/mol. The van der Waals surface area contributed by atoms with Crippen molar-refractivity contribution in [2.24, 2.45) is 5.41 Å². The maximum atomic E-state index is 12.4. The van der Waals surface area contributed by atoms with Gasteiger partial charge in [-0.15, -0.1) is 0 Å². The summed E-state index contributed by atoms with van der Waals surface area (Å²) in [5, 5.41) is 0. The van der Waals surface area contributed by atoms with Gasteiger partial charge in [0.25, 0.3) is 0 Å². The highest BCUT2D eigenvalue weighted by Crippen LogP contribution is 2.32. The number of benzene rings is 1. The van der Waals surface area contributed by atoms with E-state index in [4.69, 9.17) is 9.47 Å². The lowest BCUT2D eigenvalue weighted by Crippen LogP contribution is -2.20. The van der Waals surface area contributed by atoms with Crippen molar-refractivity contribution in [2.75, 3.05) is 13.2 Å². The van der Waals surface area contributed by atoms with E-state index in [0.717, 1.165) is 32.1 Å². The second-order valence-electron chi connectivity index (χ2n) is 11.3. The largest absolute Gasteiger partial charge is 0.462 e. The Morgan fingerprint density at radius 2 is 1.13 bits per heavy atom. The highest BCUT2D eigenvalue weighted by molar-refractivity contribution is 6.03. The molecule has 5 nitrogen and oxygen atoms in total. The highest BCUT2D eigenvalue weighted by Gasteiger charge is 2.25. The number of ether oxygens (including phenoxy) is 2. The molecule has 38 heavy (non-hydrogen) atoms. The number of ketones is 1. The van der Waals surface area contributed by atoms with Crippen LogP contribution < -0.4 is 0 Å². The third-order valence-electron chi connectivity index (χ3n) is 6.65. The van der Waals surface area contributed by atoms with Crippen LogP contribution in [-0.4, -0.2) is 30.9 Å². The Hall–Kier alpha value is -2.43. The molecule has 0 aliphatic heterocycles. The Morgan fingerprint density at radius 3 is 1.53 bits per heavy atom. The Kier molecular flexibility index (Phi) is 17.3. The van der Waals surface area contributed by atoms with E-state index in [1.807, 2.05) is 6.92 Å². The first-order chi connectivity index (χ1) is 18.2. The van der Waals surface area contributed by atoms with E-state index in [2.05, 4.69) is 27.7 Å². The molecule has 0 N–H and O–H groups in total. The molecular formula is C33H52O5. The molecule has 0 bridgehead atoms. The smallest absolute Gasteiger partial charge is 0.339 e. The molecule has 5 heteroatoms. The molecule has 0 aromatic heterocycles. The first kappa shape index (κ1) is 33.6. The number of carbonyl (C=O) groups excluding carboxylic acids is 3. The van der Waals surface area contributed by atoms with Gasteiger partial charge in [-0.1, -0.05) is 110 Å². The van der Waals surface area contributed by atoms with Crippen LogP contribution in [0.15, 0.2) is 35.9 Å². The third-order valence-corrected chi connectivity index (χ3v) is 6.65. The van der Waals surface area contributed by atoms with Crippen molar-refractivity contribution in [1.29, 1.82) is 0 Å². The van der Waals surface area contributed by atoms with Gasteiger partial charge >= 0.3 is 11.9 Å². The standard InChI is InChI=1S/C24H38O4.C9H14O/c1-3-5-7-9-11-15-19-27-23(25)21-17-13-14-18-22(21)24(26)28-20-16-12-10-8-6-4-2;1-7-4-8(10)6-9(2,3)5-7/h13-14,17-18H,3-12,15-16,19-20H2,1-2H3;4H,5-6H2,1-3H3. The lowest BCUT2D eigenvalue weighted by atomic mass is 9.77. The first-order valence-electron chi connectivity index (χ1n) is 14.8. The van der Waals surface area contributed by atoms with E-state index in [1.165, 1.54) is 56.9 Å². The molecule has 0 unspecified atom stereocenters. The van der Waals surface area contributed by atoms with E-state index in [1.54, 1.807) is 30.3 Å². The van der Waals surface area contributed by atoms with Crippen LogP contribution in [0.3, 0.4) is 0 Å². The van der Waals surface area contributed by atoms with E-state index in [-0.39, 0.29) is 11.2 Å². The predicted molar refractivity (Wildman–Crippen MR) is 156 cm³/mol. The van der Waals surface area contributed by atoms with Gasteiger partial charge < -0.3 is 9.47 Å². The fourth-order valence-electron chi connectivity index (χ4n) is 4.76. The maximum Gasteiger partial charge on any atom is 0.339 e. The summed E-state index contributed by atoms with van der Waals surface area (Å²) in [6, 6.07) is 6.74. The number of allylic oxidation sites excluding steroid dienone is 2. The highest BCUT2D eigenvalue weighted by atomic mass is 16.5. The Labute approximate surface area is 231 Å². The molecule has 0 atom stereocenters. The number of carbonyl (C=O) groups is 3. The molecule has 214 valence electrons. The molecule has 0 radical (unpaired) electrons. The molecule has 0 saturated heterocycles. The van der Waals surface area contributed by atoms with Gasteiger partial charge in [0.05, 0.1) is 24.3 Å². The summed E-state index contributed by atoms with van der Waals surface area (Å²) in [7, 11) is 0. The molecule has 1 aromatic carbocycles. The van der Waals surface area contributed by atoms with Crippen LogP contribution in [0.2, 0.25) is 0 Å². The minimum absolute atomic E-state index is 0.204. The van der Waals surface area contributed by atoms with Gasteiger partial charge in [-0.2, -0.15) is 0 Å². The van der Waals surface area contributed by atoms with Crippen LogP contribution >= 0.6 is 0 Å². The lowest BCUT2D eigenvalue weighted by molar-refractivity contribution is -0.117. The van der Waals surface area contributed by atoms with Crippen LogP contribution in [0.4, 0.5) is 0 Å². The summed E-state index contributed by atoms with van der Waals surface area (Å²) >= 11 is 0. The SMILES string of the molecule is CC1=CC(=O)CC(C)(C)C1.CCCCCCCCOC(=O)c1ccccc1C(=O)OCCCCCCCC. The van der Waals surface area contributed by atoms with Crippen molar-refractivity contribution < 1.29 is 23.9 Å². The lowest BCUT2D eigenvalue weighted by Gasteiger charge is -2.27. The van der Waals surface area contributed by atoms with E-state index in [9.17, 15) is 14.4 Å². The molecule has 1 aliphatic carbocycles. The summed E-state index contributed by atoms with van der Waals surface area (Å²) in [6.45, 7) is 11.5.